The van der Waals surface area contributed by atoms with Crippen LogP contribution in [0.2, 0.25) is 0 Å². The van der Waals surface area contributed by atoms with Crippen LogP contribution in [0.25, 0.3) is 0 Å². The second-order valence-corrected chi connectivity index (χ2v) is 4.50. The van der Waals surface area contributed by atoms with Crippen LogP contribution >= 0.6 is 23.1 Å². The van der Waals surface area contributed by atoms with Crippen molar-refractivity contribution in [3.63, 3.8) is 0 Å². The molecule has 2 rings (SSSR count). The Morgan fingerprint density at radius 2 is 2.38 bits per heavy atom. The van der Waals surface area contributed by atoms with Gasteiger partial charge in [0, 0.05) is 30.5 Å². The first-order valence-electron chi connectivity index (χ1n) is 3.98. The summed E-state index contributed by atoms with van der Waals surface area (Å²) in [5.74, 6) is 0. The first-order valence-corrected chi connectivity index (χ1v) is 5.68. The molecule has 0 radical (unpaired) electrons. The van der Waals surface area contributed by atoms with E-state index in [1.165, 1.54) is 0 Å². The average molecular weight is 211 g/mol. The molecule has 0 aliphatic rings. The van der Waals surface area contributed by atoms with Crippen molar-refractivity contribution in [3.05, 3.63) is 24.0 Å². The molecule has 2 aromatic heterocycles. The Morgan fingerprint density at radius 3 is 3.08 bits per heavy atom. The Morgan fingerprint density at radius 1 is 1.46 bits per heavy atom. The lowest BCUT2D eigenvalue weighted by Crippen LogP contribution is -1.93. The lowest BCUT2D eigenvalue weighted by Gasteiger charge is -2.00. The van der Waals surface area contributed by atoms with E-state index in [4.69, 9.17) is 0 Å². The van der Waals surface area contributed by atoms with Crippen LogP contribution < -0.4 is 0 Å². The monoisotopic (exact) mass is 211 g/mol. The van der Waals surface area contributed by atoms with E-state index in [2.05, 4.69) is 21.5 Å². The molecule has 0 aliphatic carbocycles. The molecule has 0 spiro atoms. The number of aryl methyl sites for hydroxylation is 1. The zero-order valence-electron chi connectivity index (χ0n) is 7.17. The summed E-state index contributed by atoms with van der Waals surface area (Å²) in [7, 11) is 0. The van der Waals surface area contributed by atoms with E-state index in [0.29, 0.717) is 0 Å². The van der Waals surface area contributed by atoms with Gasteiger partial charge in [0.05, 0.1) is 0 Å². The largest absolute Gasteiger partial charge is 0.326 e. The molecule has 0 unspecified atom stereocenters. The Kier molecular flexibility index (Phi) is 2.65. The van der Waals surface area contributed by atoms with Gasteiger partial charge in [0.2, 0.25) is 0 Å². The van der Waals surface area contributed by atoms with Gasteiger partial charge in [-0.05, 0) is 18.7 Å². The van der Waals surface area contributed by atoms with Gasteiger partial charge in [0.15, 0.2) is 9.50 Å². The van der Waals surface area contributed by atoms with Gasteiger partial charge in [-0.1, -0.05) is 0 Å². The van der Waals surface area contributed by atoms with Crippen LogP contribution in [0.4, 0.5) is 0 Å². The van der Waals surface area contributed by atoms with Crippen molar-refractivity contribution in [2.45, 2.75) is 23.0 Å². The molecule has 0 saturated carbocycles. The SMILES string of the molecule is CCn1ccnc1Sc1nccs1. The third-order valence-electron chi connectivity index (χ3n) is 1.61. The van der Waals surface area contributed by atoms with Gasteiger partial charge in [-0.25, -0.2) is 9.97 Å². The maximum absolute atomic E-state index is 4.25. The van der Waals surface area contributed by atoms with E-state index >= 15 is 0 Å². The Labute approximate surface area is 84.8 Å². The second kappa shape index (κ2) is 3.93. The molecular weight excluding hydrogens is 202 g/mol. The topological polar surface area (TPSA) is 30.7 Å². The van der Waals surface area contributed by atoms with E-state index in [0.717, 1.165) is 16.0 Å². The van der Waals surface area contributed by atoms with Crippen LogP contribution in [-0.2, 0) is 6.54 Å². The van der Waals surface area contributed by atoms with E-state index < -0.39 is 0 Å². The van der Waals surface area contributed by atoms with Gasteiger partial charge in [0.1, 0.15) is 0 Å². The van der Waals surface area contributed by atoms with Crippen LogP contribution in [0.1, 0.15) is 6.92 Å². The highest BCUT2D eigenvalue weighted by atomic mass is 32.2. The van der Waals surface area contributed by atoms with Crippen molar-refractivity contribution in [1.29, 1.82) is 0 Å². The minimum Gasteiger partial charge on any atom is -0.326 e. The fraction of sp³-hybridized carbons (Fsp3) is 0.250. The van der Waals surface area contributed by atoms with Gasteiger partial charge in [-0.3, -0.25) is 0 Å². The molecule has 0 saturated heterocycles. The molecule has 2 heterocycles. The van der Waals surface area contributed by atoms with Crippen LogP contribution in [0, 0.1) is 0 Å². The van der Waals surface area contributed by atoms with Crippen LogP contribution in [0.15, 0.2) is 33.5 Å². The minimum absolute atomic E-state index is 0.952. The first-order chi connectivity index (χ1) is 6.40. The normalized spacial score (nSPS) is 10.5. The third-order valence-corrected chi connectivity index (χ3v) is 3.51. The average Bonchev–Trinajstić information content (AvgIpc) is 2.76. The number of hydrogen-bond acceptors (Lipinski definition) is 4. The predicted octanol–water partition coefficient (Wildman–Crippen LogP) is 2.51. The van der Waals surface area contributed by atoms with Crippen LogP contribution in [-0.4, -0.2) is 14.5 Å². The lowest BCUT2D eigenvalue weighted by atomic mass is 10.7. The summed E-state index contributed by atoms with van der Waals surface area (Å²) in [6.07, 6.45) is 5.61. The van der Waals surface area contributed by atoms with Crippen molar-refractivity contribution in [2.75, 3.05) is 0 Å². The summed E-state index contributed by atoms with van der Waals surface area (Å²) < 4.78 is 3.15. The summed E-state index contributed by atoms with van der Waals surface area (Å²) in [5.41, 5.74) is 0. The van der Waals surface area contributed by atoms with Gasteiger partial charge in [-0.15, -0.1) is 11.3 Å². The van der Waals surface area contributed by atoms with Crippen LogP contribution in [0.3, 0.4) is 0 Å². The van der Waals surface area contributed by atoms with Gasteiger partial charge < -0.3 is 4.57 Å². The summed E-state index contributed by atoms with van der Waals surface area (Å²) in [6, 6.07) is 0. The summed E-state index contributed by atoms with van der Waals surface area (Å²) in [4.78, 5) is 8.45. The lowest BCUT2D eigenvalue weighted by molar-refractivity contribution is 0.681. The molecule has 0 fully saturated rings. The van der Waals surface area contributed by atoms with Crippen molar-refractivity contribution >= 4 is 23.1 Å². The van der Waals surface area contributed by atoms with Crippen molar-refractivity contribution < 1.29 is 0 Å². The van der Waals surface area contributed by atoms with E-state index in [1.807, 2.05) is 24.0 Å². The minimum atomic E-state index is 0.952. The molecule has 0 amide bonds. The summed E-state index contributed by atoms with van der Waals surface area (Å²) >= 11 is 3.25. The van der Waals surface area contributed by atoms with Crippen molar-refractivity contribution in [1.82, 2.24) is 14.5 Å². The van der Waals surface area contributed by atoms with Gasteiger partial charge >= 0.3 is 0 Å². The van der Waals surface area contributed by atoms with Gasteiger partial charge in [0.25, 0.3) is 0 Å². The number of thiazole rings is 1. The number of aromatic nitrogens is 3. The summed E-state index contributed by atoms with van der Waals surface area (Å²) in [6.45, 7) is 3.06. The first kappa shape index (κ1) is 8.77. The van der Waals surface area contributed by atoms with E-state index in [9.17, 15) is 0 Å². The molecule has 13 heavy (non-hydrogen) atoms. The number of imidazole rings is 1. The third kappa shape index (κ3) is 1.92. The number of hydrogen-bond donors (Lipinski definition) is 0. The highest BCUT2D eigenvalue weighted by molar-refractivity contribution is 8.00. The smallest absolute Gasteiger partial charge is 0.175 e. The standard InChI is InChI=1S/C8H9N3S2/c1-2-11-5-3-9-7(11)13-8-10-4-6-12-8/h3-6H,2H2,1H3. The molecule has 2 aromatic rings. The highest BCUT2D eigenvalue weighted by Crippen LogP contribution is 2.27. The molecule has 0 N–H and O–H groups in total. The highest BCUT2D eigenvalue weighted by Gasteiger charge is 2.04. The van der Waals surface area contributed by atoms with E-state index in [-0.39, 0.29) is 0 Å². The number of nitrogens with zero attached hydrogens (tertiary/aromatic N) is 3. The Balaban J connectivity index is 2.18. The molecule has 68 valence electrons. The fourth-order valence-corrected chi connectivity index (χ4v) is 2.61. The molecule has 3 nitrogen and oxygen atoms in total. The zero-order valence-corrected chi connectivity index (χ0v) is 8.81. The quantitative estimate of drug-likeness (QED) is 0.781. The zero-order chi connectivity index (χ0) is 9.10. The fourth-order valence-electron chi connectivity index (χ4n) is 0.980. The van der Waals surface area contributed by atoms with Crippen molar-refractivity contribution in [3.8, 4) is 0 Å². The van der Waals surface area contributed by atoms with Gasteiger partial charge in [-0.2, -0.15) is 0 Å². The Hall–Kier alpha value is -0.810. The second-order valence-electron chi connectivity index (χ2n) is 2.40. The molecule has 5 heteroatoms. The molecule has 0 atom stereocenters. The molecule has 0 aliphatic heterocycles. The Bertz CT molecular complexity index is 366. The molecule has 0 bridgehead atoms. The molecular formula is C8H9N3S2. The van der Waals surface area contributed by atoms with E-state index in [1.54, 1.807) is 23.1 Å². The number of rotatable bonds is 3. The van der Waals surface area contributed by atoms with Crippen LogP contribution in [0.5, 0.6) is 0 Å². The molecule has 0 aromatic carbocycles. The maximum Gasteiger partial charge on any atom is 0.175 e. The van der Waals surface area contributed by atoms with Crippen molar-refractivity contribution in [2.24, 2.45) is 0 Å². The summed E-state index contributed by atoms with van der Waals surface area (Å²) in [5, 5.41) is 2.99. The maximum atomic E-state index is 4.25. The predicted molar refractivity (Wildman–Crippen MR) is 54.1 cm³/mol.